The number of carbonyl (C=O) groups is 1. The third kappa shape index (κ3) is 4.33. The van der Waals surface area contributed by atoms with Crippen LogP contribution in [0.2, 0.25) is 0 Å². The fraction of sp³-hybridized carbons (Fsp3) is 0.375. The van der Waals surface area contributed by atoms with Crippen molar-refractivity contribution in [2.24, 2.45) is 0 Å². The van der Waals surface area contributed by atoms with Gasteiger partial charge in [-0.25, -0.2) is 4.39 Å². The van der Waals surface area contributed by atoms with Gasteiger partial charge in [0.1, 0.15) is 28.6 Å². The number of halogens is 1. The van der Waals surface area contributed by atoms with E-state index in [1.165, 1.54) is 30.0 Å². The fourth-order valence-corrected chi connectivity index (χ4v) is 4.28. The van der Waals surface area contributed by atoms with E-state index in [1.807, 2.05) is 0 Å². The van der Waals surface area contributed by atoms with Gasteiger partial charge in [-0.15, -0.1) is 0 Å². The van der Waals surface area contributed by atoms with Crippen LogP contribution in [0.1, 0.15) is 29.8 Å². The molecule has 0 fully saturated rings. The molecule has 3 heterocycles. The predicted molar refractivity (Wildman–Crippen MR) is 125 cm³/mol. The summed E-state index contributed by atoms with van der Waals surface area (Å²) in [6, 6.07) is 5.90. The van der Waals surface area contributed by atoms with Crippen LogP contribution in [0.25, 0.3) is 11.0 Å². The minimum Gasteiger partial charge on any atom is -0.505 e. The molecule has 3 aromatic rings. The molecule has 1 amide bonds. The van der Waals surface area contributed by atoms with Gasteiger partial charge in [-0.3, -0.25) is 24.5 Å². The zero-order valence-corrected chi connectivity index (χ0v) is 19.6. The van der Waals surface area contributed by atoms with Crippen molar-refractivity contribution in [2.45, 2.75) is 31.7 Å². The van der Waals surface area contributed by atoms with Crippen LogP contribution in [0, 0.1) is 5.82 Å². The quantitative estimate of drug-likeness (QED) is 0.346. The summed E-state index contributed by atoms with van der Waals surface area (Å²) in [6.07, 6.45) is 0.857. The average molecular weight is 487 g/mol. The first kappa shape index (κ1) is 24.6. The first-order chi connectivity index (χ1) is 16.7. The summed E-state index contributed by atoms with van der Waals surface area (Å²) in [5.74, 6) is -1.04. The number of aliphatic hydroxyl groups excluding tert-OH is 1. The van der Waals surface area contributed by atoms with Crippen LogP contribution in [0.3, 0.4) is 0 Å². The van der Waals surface area contributed by atoms with Gasteiger partial charge in [0.2, 0.25) is 5.60 Å². The van der Waals surface area contributed by atoms with Crippen molar-refractivity contribution in [1.29, 1.82) is 0 Å². The lowest BCUT2D eigenvalue weighted by atomic mass is 9.98. The number of hydrogen-bond donors (Lipinski definition) is 4. The maximum atomic E-state index is 13.6. The van der Waals surface area contributed by atoms with E-state index in [-0.39, 0.29) is 60.0 Å². The molecule has 10 nitrogen and oxygen atoms in total. The van der Waals surface area contributed by atoms with E-state index in [2.05, 4.69) is 15.6 Å². The summed E-state index contributed by atoms with van der Waals surface area (Å²) in [4.78, 5) is 31.0. The third-order valence-electron chi connectivity index (χ3n) is 6.04. The van der Waals surface area contributed by atoms with Crippen molar-refractivity contribution >= 4 is 16.9 Å². The maximum absolute atomic E-state index is 13.6. The van der Waals surface area contributed by atoms with Gasteiger partial charge in [0, 0.05) is 31.8 Å². The monoisotopic (exact) mass is 486 g/mol. The Bertz CT molecular complexity index is 1320. The van der Waals surface area contributed by atoms with E-state index in [0.29, 0.717) is 5.56 Å². The lowest BCUT2D eigenvalue weighted by Gasteiger charge is -2.36. The number of aromatic nitrogens is 2. The molecule has 0 saturated carbocycles. The lowest BCUT2D eigenvalue weighted by Crippen LogP contribution is -2.55. The van der Waals surface area contributed by atoms with Crippen LogP contribution < -0.4 is 20.9 Å². The third-order valence-corrected chi connectivity index (χ3v) is 6.04. The number of rotatable bonds is 8. The fourth-order valence-electron chi connectivity index (χ4n) is 4.28. The Kier molecular flexibility index (Phi) is 6.75. The van der Waals surface area contributed by atoms with E-state index in [0.717, 1.165) is 5.56 Å². The molecule has 2 atom stereocenters. The Morgan fingerprint density at radius 3 is 2.71 bits per heavy atom. The molecule has 4 N–H and O–H groups in total. The molecule has 35 heavy (non-hydrogen) atoms. The van der Waals surface area contributed by atoms with Crippen molar-refractivity contribution in [3.63, 3.8) is 0 Å². The number of aliphatic hydroxyl groups is 1. The van der Waals surface area contributed by atoms with Crippen LogP contribution in [0.15, 0.2) is 35.3 Å². The first-order valence-electron chi connectivity index (χ1n) is 11.0. The largest absolute Gasteiger partial charge is 0.505 e. The summed E-state index contributed by atoms with van der Waals surface area (Å²) in [5.41, 5.74) is -0.457. The van der Waals surface area contributed by atoms with E-state index >= 15 is 0 Å². The molecule has 4 rings (SSSR count). The number of pyridine rings is 2. The van der Waals surface area contributed by atoms with E-state index in [9.17, 15) is 19.1 Å². The average Bonchev–Trinajstić information content (AvgIpc) is 2.85. The molecule has 11 heteroatoms. The number of nitrogens with one attached hydrogen (secondary N) is 2. The molecule has 0 radical (unpaired) electrons. The van der Waals surface area contributed by atoms with Gasteiger partial charge in [-0.1, -0.05) is 12.1 Å². The molecule has 1 aliphatic heterocycles. The minimum atomic E-state index is -1.51. The minimum absolute atomic E-state index is 0.0140. The summed E-state index contributed by atoms with van der Waals surface area (Å²) in [6.45, 7) is 1.13. The van der Waals surface area contributed by atoms with Crippen LogP contribution in [0.4, 0.5) is 4.39 Å². The Labute approximate surface area is 200 Å². The number of hydrogen-bond acceptors (Lipinski definition) is 8. The Morgan fingerprint density at radius 1 is 1.37 bits per heavy atom. The highest BCUT2D eigenvalue weighted by atomic mass is 19.1. The second kappa shape index (κ2) is 9.61. The molecule has 2 unspecified atom stereocenters. The summed E-state index contributed by atoms with van der Waals surface area (Å²) in [5, 5.41) is 25.6. The number of methoxy groups -OCH3 is 1. The van der Waals surface area contributed by atoms with E-state index in [4.69, 9.17) is 14.6 Å². The standard InChI is InChI=1S/C24H27FN4O6/c1-24(23(33)27-8-9-30)12-29-18-17(19(31)16(22(29)32)21(26-2)34-3)28-11-14(20(18)35-24)10-13-4-6-15(25)7-5-13/h4-7,11,21,26,30-31H,8-10,12H2,1-3H3,(H,27,33). The molecular weight excluding hydrogens is 459 g/mol. The van der Waals surface area contributed by atoms with Crippen LogP contribution >= 0.6 is 0 Å². The number of benzene rings is 1. The van der Waals surface area contributed by atoms with E-state index in [1.54, 1.807) is 26.1 Å². The highest BCUT2D eigenvalue weighted by molar-refractivity contribution is 5.92. The number of aromatic hydroxyl groups is 1. The molecule has 1 aliphatic rings. The number of ether oxygens (including phenoxy) is 2. The van der Waals surface area contributed by atoms with Crippen LogP contribution in [-0.4, -0.2) is 58.6 Å². The SMILES string of the molecule is CNC(OC)c1c(O)c2ncc(Cc3ccc(F)cc3)c3c2n(c1=O)CC(C)(C(=O)NCCO)O3. The van der Waals surface area contributed by atoms with Gasteiger partial charge in [0.05, 0.1) is 13.2 Å². The molecular formula is C24H27FN4O6. The van der Waals surface area contributed by atoms with Gasteiger partial charge in [0.15, 0.2) is 11.5 Å². The Morgan fingerprint density at radius 2 is 2.09 bits per heavy atom. The highest BCUT2D eigenvalue weighted by Crippen LogP contribution is 2.41. The first-order valence-corrected chi connectivity index (χ1v) is 11.0. The van der Waals surface area contributed by atoms with Crippen LogP contribution in [0.5, 0.6) is 11.5 Å². The summed E-state index contributed by atoms with van der Waals surface area (Å²) in [7, 11) is 2.97. The normalized spacial score (nSPS) is 17.7. The Balaban J connectivity index is 1.95. The molecule has 1 aromatic carbocycles. The predicted octanol–water partition coefficient (Wildman–Crippen LogP) is 0.956. The van der Waals surface area contributed by atoms with E-state index < -0.39 is 23.3 Å². The molecule has 0 bridgehead atoms. The van der Waals surface area contributed by atoms with Crippen molar-refractivity contribution in [2.75, 3.05) is 27.3 Å². The van der Waals surface area contributed by atoms with Crippen molar-refractivity contribution in [3.05, 3.63) is 63.3 Å². The van der Waals surface area contributed by atoms with Gasteiger partial charge < -0.3 is 25.0 Å². The molecule has 2 aromatic heterocycles. The maximum Gasteiger partial charge on any atom is 0.265 e. The second-order valence-corrected chi connectivity index (χ2v) is 8.48. The van der Waals surface area contributed by atoms with Crippen molar-refractivity contribution < 1.29 is 28.9 Å². The number of nitrogens with zero attached hydrogens (tertiary/aromatic N) is 2. The summed E-state index contributed by atoms with van der Waals surface area (Å²) >= 11 is 0. The highest BCUT2D eigenvalue weighted by Gasteiger charge is 2.43. The van der Waals surface area contributed by atoms with Gasteiger partial charge in [0.25, 0.3) is 11.5 Å². The Hall–Kier alpha value is -3.54. The number of amides is 1. The van der Waals surface area contributed by atoms with Crippen LogP contribution in [-0.2, 0) is 22.5 Å². The molecule has 186 valence electrons. The second-order valence-electron chi connectivity index (χ2n) is 8.48. The lowest BCUT2D eigenvalue weighted by molar-refractivity contribution is -0.137. The molecule has 0 aliphatic carbocycles. The topological polar surface area (TPSA) is 135 Å². The molecule has 0 spiro atoms. The van der Waals surface area contributed by atoms with Gasteiger partial charge in [-0.2, -0.15) is 0 Å². The van der Waals surface area contributed by atoms with Crippen molar-refractivity contribution in [3.8, 4) is 11.5 Å². The van der Waals surface area contributed by atoms with Gasteiger partial charge >= 0.3 is 0 Å². The molecule has 0 saturated heterocycles. The zero-order valence-electron chi connectivity index (χ0n) is 19.6. The zero-order chi connectivity index (χ0) is 25.3. The summed E-state index contributed by atoms with van der Waals surface area (Å²) < 4.78 is 26.3. The number of carbonyl (C=O) groups excluding carboxylic acids is 1. The smallest absolute Gasteiger partial charge is 0.265 e. The van der Waals surface area contributed by atoms with Gasteiger partial charge in [-0.05, 0) is 31.7 Å². The van der Waals surface area contributed by atoms with Crippen molar-refractivity contribution in [1.82, 2.24) is 20.2 Å².